The molecule has 0 amide bonds. The van der Waals surface area contributed by atoms with Crippen LogP contribution in [0.2, 0.25) is 0 Å². The summed E-state index contributed by atoms with van der Waals surface area (Å²) < 4.78 is 0. The van der Waals surface area contributed by atoms with Crippen LogP contribution in [0.4, 0.5) is 0 Å². The van der Waals surface area contributed by atoms with Gasteiger partial charge in [-0.1, -0.05) is 0 Å². The van der Waals surface area contributed by atoms with Crippen molar-refractivity contribution in [2.24, 2.45) is 10.2 Å². The fraction of sp³-hybridized carbons (Fsp3) is 0.250. The summed E-state index contributed by atoms with van der Waals surface area (Å²) >= 11 is 9.98. The molecule has 21 heavy (non-hydrogen) atoms. The Morgan fingerprint density at radius 3 is 2.05 bits per heavy atom. The maximum atomic E-state index is 5.01. The van der Waals surface area contributed by atoms with E-state index in [9.17, 15) is 0 Å². The van der Waals surface area contributed by atoms with Crippen molar-refractivity contribution >= 4 is 46.1 Å². The Labute approximate surface area is 134 Å². The summed E-state index contributed by atoms with van der Waals surface area (Å²) in [4.78, 5) is 3.99. The number of nitrogens with zero attached hydrogens (tertiary/aromatic N) is 3. The zero-order chi connectivity index (χ0) is 15.7. The second-order valence-corrected chi connectivity index (χ2v) is 4.59. The minimum Gasteiger partial charge on any atom is -0.364 e. The van der Waals surface area contributed by atoms with Crippen LogP contribution < -0.4 is 21.5 Å². The molecule has 0 atom stereocenters. The zero-order valence-electron chi connectivity index (χ0n) is 12.0. The highest BCUT2D eigenvalue weighted by atomic mass is 32.1. The van der Waals surface area contributed by atoms with Crippen LogP contribution in [-0.4, -0.2) is 40.7 Å². The summed E-state index contributed by atoms with van der Waals surface area (Å²) in [6, 6.07) is 3.66. The third-order valence-electron chi connectivity index (χ3n) is 2.34. The van der Waals surface area contributed by atoms with Gasteiger partial charge < -0.3 is 10.6 Å². The third kappa shape index (κ3) is 5.79. The topological polar surface area (TPSA) is 85.7 Å². The molecule has 0 spiro atoms. The predicted molar refractivity (Wildman–Crippen MR) is 93.5 cm³/mol. The van der Waals surface area contributed by atoms with Gasteiger partial charge >= 0.3 is 0 Å². The highest BCUT2D eigenvalue weighted by Gasteiger charge is 2.08. The van der Waals surface area contributed by atoms with Crippen LogP contribution >= 0.6 is 24.4 Å². The van der Waals surface area contributed by atoms with E-state index in [0.29, 0.717) is 21.6 Å². The summed E-state index contributed by atoms with van der Waals surface area (Å²) in [5.74, 6) is 0. The molecule has 0 aromatic carbocycles. The molecule has 1 heterocycles. The number of hydrogen-bond donors (Lipinski definition) is 4. The summed E-state index contributed by atoms with van der Waals surface area (Å²) in [5.41, 5.74) is 7.59. The molecule has 0 bridgehead atoms. The van der Waals surface area contributed by atoms with Crippen molar-refractivity contribution < 1.29 is 0 Å². The molecule has 7 nitrogen and oxygen atoms in total. The maximum Gasteiger partial charge on any atom is 0.186 e. The Morgan fingerprint density at radius 1 is 1.00 bits per heavy atom. The molecule has 0 aliphatic rings. The predicted octanol–water partition coefficient (Wildman–Crippen LogP) is 0.349. The number of pyridine rings is 1. The monoisotopic (exact) mass is 323 g/mol. The molecule has 0 saturated carbocycles. The minimum absolute atomic E-state index is 0.410. The zero-order valence-corrected chi connectivity index (χ0v) is 13.6. The molecule has 4 N–H and O–H groups in total. The third-order valence-corrected chi connectivity index (χ3v) is 2.94. The van der Waals surface area contributed by atoms with E-state index in [1.807, 2.05) is 19.1 Å². The highest BCUT2D eigenvalue weighted by molar-refractivity contribution is 7.80. The minimum atomic E-state index is 0.410. The van der Waals surface area contributed by atoms with E-state index < -0.39 is 0 Å². The second-order valence-electron chi connectivity index (χ2n) is 3.78. The van der Waals surface area contributed by atoms with E-state index in [1.165, 1.54) is 0 Å². The number of thiocarbonyl (C=S) groups is 2. The maximum absolute atomic E-state index is 5.01. The van der Waals surface area contributed by atoms with Gasteiger partial charge in [-0.3, -0.25) is 15.8 Å². The average molecular weight is 323 g/mol. The molecule has 0 saturated heterocycles. The molecule has 0 aliphatic heterocycles. The molecule has 9 heteroatoms. The van der Waals surface area contributed by atoms with Crippen LogP contribution in [0.5, 0.6) is 0 Å². The highest BCUT2D eigenvalue weighted by Crippen LogP contribution is 2.01. The standard InChI is InChI=1S/C12H17N7S2/c1-8(16-18-11(20)13-2)10(17-19-12(21)14-3)9-4-6-15-7-5-9/h4-7H,1-3H3,(H2,13,18,20)(H2,14,19,21)/b16-8+,17-10-. The molecule has 1 aromatic heterocycles. The molecule has 0 fully saturated rings. The lowest BCUT2D eigenvalue weighted by atomic mass is 10.1. The normalized spacial score (nSPS) is 11.6. The van der Waals surface area contributed by atoms with Gasteiger partial charge in [0.2, 0.25) is 0 Å². The summed E-state index contributed by atoms with van der Waals surface area (Å²) in [7, 11) is 3.43. The SMILES string of the molecule is CNC(=S)N/N=C(C)/C(=N/NC(=S)NC)c1ccncc1. The van der Waals surface area contributed by atoms with Gasteiger partial charge in [0, 0.05) is 32.1 Å². The van der Waals surface area contributed by atoms with Crippen LogP contribution in [0.15, 0.2) is 34.7 Å². The van der Waals surface area contributed by atoms with Gasteiger partial charge in [-0.15, -0.1) is 0 Å². The Balaban J connectivity index is 3.02. The molecular weight excluding hydrogens is 306 g/mol. The molecule has 1 rings (SSSR count). The van der Waals surface area contributed by atoms with Gasteiger partial charge in [0.1, 0.15) is 5.71 Å². The van der Waals surface area contributed by atoms with E-state index in [0.717, 1.165) is 5.56 Å². The van der Waals surface area contributed by atoms with Crippen molar-refractivity contribution in [3.05, 3.63) is 30.1 Å². The van der Waals surface area contributed by atoms with Gasteiger partial charge in [0.05, 0.1) is 5.71 Å². The first kappa shape index (κ1) is 16.9. The fourth-order valence-corrected chi connectivity index (χ4v) is 1.36. The largest absolute Gasteiger partial charge is 0.364 e. The van der Waals surface area contributed by atoms with Crippen molar-refractivity contribution in [1.82, 2.24) is 26.5 Å². The lowest BCUT2D eigenvalue weighted by Gasteiger charge is -2.09. The second kappa shape index (κ2) is 8.93. The Bertz CT molecular complexity index is 554. The first-order valence-electron chi connectivity index (χ1n) is 6.06. The fourth-order valence-electron chi connectivity index (χ4n) is 1.27. The molecule has 0 aliphatic carbocycles. The first-order chi connectivity index (χ1) is 10.1. The average Bonchev–Trinajstić information content (AvgIpc) is 2.53. The van der Waals surface area contributed by atoms with E-state index in [4.69, 9.17) is 24.4 Å². The van der Waals surface area contributed by atoms with Crippen LogP contribution in [0, 0.1) is 0 Å². The van der Waals surface area contributed by atoms with Crippen LogP contribution in [0.25, 0.3) is 0 Å². The van der Waals surface area contributed by atoms with Crippen molar-refractivity contribution in [1.29, 1.82) is 0 Å². The first-order valence-corrected chi connectivity index (χ1v) is 6.88. The van der Waals surface area contributed by atoms with Crippen LogP contribution in [-0.2, 0) is 0 Å². The molecule has 112 valence electrons. The lowest BCUT2D eigenvalue weighted by molar-refractivity contribution is 0.966. The van der Waals surface area contributed by atoms with Crippen molar-refractivity contribution in [2.45, 2.75) is 6.92 Å². The lowest BCUT2D eigenvalue weighted by Crippen LogP contribution is -2.32. The van der Waals surface area contributed by atoms with Crippen molar-refractivity contribution in [2.75, 3.05) is 14.1 Å². The molecule has 0 unspecified atom stereocenters. The van der Waals surface area contributed by atoms with Gasteiger partial charge in [0.25, 0.3) is 0 Å². The van der Waals surface area contributed by atoms with Gasteiger partial charge in [-0.2, -0.15) is 10.2 Å². The van der Waals surface area contributed by atoms with Crippen molar-refractivity contribution in [3.63, 3.8) is 0 Å². The molecule has 0 radical (unpaired) electrons. The van der Waals surface area contributed by atoms with E-state index in [-0.39, 0.29) is 0 Å². The smallest absolute Gasteiger partial charge is 0.186 e. The number of hydrogen-bond acceptors (Lipinski definition) is 5. The van der Waals surface area contributed by atoms with Crippen LogP contribution in [0.1, 0.15) is 12.5 Å². The quantitative estimate of drug-likeness (QED) is 0.361. The number of nitrogens with one attached hydrogen (secondary N) is 4. The number of rotatable bonds is 4. The number of hydrazone groups is 2. The summed E-state index contributed by atoms with van der Waals surface area (Å²) in [5, 5.41) is 14.8. The van der Waals surface area contributed by atoms with E-state index in [1.54, 1.807) is 26.5 Å². The summed E-state index contributed by atoms with van der Waals surface area (Å²) in [6.45, 7) is 1.81. The molecular formula is C12H17N7S2. The Morgan fingerprint density at radius 2 is 1.52 bits per heavy atom. The van der Waals surface area contributed by atoms with E-state index >= 15 is 0 Å². The van der Waals surface area contributed by atoms with Gasteiger partial charge in [0.15, 0.2) is 10.2 Å². The van der Waals surface area contributed by atoms with Gasteiger partial charge in [-0.25, -0.2) is 0 Å². The van der Waals surface area contributed by atoms with Gasteiger partial charge in [-0.05, 0) is 43.5 Å². The Kier molecular flexibility index (Phi) is 7.19. The van der Waals surface area contributed by atoms with Crippen LogP contribution in [0.3, 0.4) is 0 Å². The number of aromatic nitrogens is 1. The molecule has 1 aromatic rings. The van der Waals surface area contributed by atoms with E-state index in [2.05, 4.69) is 36.7 Å². The van der Waals surface area contributed by atoms with Crippen molar-refractivity contribution in [3.8, 4) is 0 Å². The summed E-state index contributed by atoms with van der Waals surface area (Å²) in [6.07, 6.45) is 3.36. The Hall–Kier alpha value is -2.13.